The number of thioether (sulfide) groups is 1. The summed E-state index contributed by atoms with van der Waals surface area (Å²) in [7, 11) is 0. The van der Waals surface area contributed by atoms with E-state index < -0.39 is 0 Å². The predicted octanol–water partition coefficient (Wildman–Crippen LogP) is 5.43. The lowest BCUT2D eigenvalue weighted by Gasteiger charge is -2.02. The third kappa shape index (κ3) is 5.30. The molecule has 26 heavy (non-hydrogen) atoms. The Morgan fingerprint density at radius 2 is 2.04 bits per heavy atom. The number of nitrogens with one attached hydrogen (secondary N) is 1. The molecule has 0 radical (unpaired) electrons. The maximum absolute atomic E-state index is 12.1. The Labute approximate surface area is 166 Å². The first kappa shape index (κ1) is 18.9. The molecule has 1 aromatic carbocycles. The third-order valence-electron chi connectivity index (χ3n) is 3.61. The summed E-state index contributed by atoms with van der Waals surface area (Å²) in [4.78, 5) is 22.0. The Morgan fingerprint density at radius 3 is 2.77 bits per heavy atom. The van der Waals surface area contributed by atoms with Gasteiger partial charge in [-0.1, -0.05) is 29.8 Å². The first-order chi connectivity index (χ1) is 12.6. The molecule has 1 N–H and O–H groups in total. The van der Waals surface area contributed by atoms with Gasteiger partial charge >= 0.3 is 0 Å². The highest BCUT2D eigenvalue weighted by Crippen LogP contribution is 2.31. The van der Waals surface area contributed by atoms with Crippen molar-refractivity contribution >= 4 is 45.7 Å². The standard InChI is InChI=1S/C19H18ClN3OS2/c1-13-18(14-5-7-15(20)8-6-14)23-19(26-13)22-17(24)9-11-25-12-16-4-2-3-10-21-16/h2-8,10H,9,11-12H2,1H3,(H,22,23,24). The van der Waals surface area contributed by atoms with Crippen molar-refractivity contribution in [2.24, 2.45) is 0 Å². The zero-order chi connectivity index (χ0) is 18.4. The molecule has 0 spiro atoms. The molecule has 3 aromatic rings. The number of rotatable bonds is 7. The zero-order valence-corrected chi connectivity index (χ0v) is 16.6. The fraction of sp³-hybridized carbons (Fsp3) is 0.211. The molecule has 2 aromatic heterocycles. The van der Waals surface area contributed by atoms with E-state index >= 15 is 0 Å². The number of halogens is 1. The molecular weight excluding hydrogens is 386 g/mol. The number of aromatic nitrogens is 2. The summed E-state index contributed by atoms with van der Waals surface area (Å²) in [5.41, 5.74) is 2.90. The van der Waals surface area contributed by atoms with E-state index in [0.29, 0.717) is 16.6 Å². The summed E-state index contributed by atoms with van der Waals surface area (Å²) in [6.45, 7) is 2.00. The summed E-state index contributed by atoms with van der Waals surface area (Å²) in [6, 6.07) is 13.4. The van der Waals surface area contributed by atoms with Crippen LogP contribution >= 0.6 is 34.7 Å². The van der Waals surface area contributed by atoms with Crippen molar-refractivity contribution in [1.29, 1.82) is 0 Å². The normalized spacial score (nSPS) is 10.7. The van der Waals surface area contributed by atoms with E-state index in [0.717, 1.165) is 33.3 Å². The maximum atomic E-state index is 12.1. The van der Waals surface area contributed by atoms with Crippen molar-refractivity contribution in [3.63, 3.8) is 0 Å². The van der Waals surface area contributed by atoms with E-state index in [-0.39, 0.29) is 5.91 Å². The summed E-state index contributed by atoms with van der Waals surface area (Å²) in [5.74, 6) is 1.54. The molecular formula is C19H18ClN3OS2. The van der Waals surface area contributed by atoms with Crippen LogP contribution in [0.25, 0.3) is 11.3 Å². The van der Waals surface area contributed by atoms with Crippen molar-refractivity contribution in [2.45, 2.75) is 19.1 Å². The predicted molar refractivity (Wildman–Crippen MR) is 111 cm³/mol. The number of hydrogen-bond donors (Lipinski definition) is 1. The minimum Gasteiger partial charge on any atom is -0.302 e. The van der Waals surface area contributed by atoms with Crippen LogP contribution in [-0.4, -0.2) is 21.6 Å². The van der Waals surface area contributed by atoms with Gasteiger partial charge in [-0.15, -0.1) is 11.3 Å². The second kappa shape index (κ2) is 9.16. The van der Waals surface area contributed by atoms with E-state index in [2.05, 4.69) is 15.3 Å². The topological polar surface area (TPSA) is 54.9 Å². The molecule has 0 saturated carbocycles. The Hall–Kier alpha value is -1.89. The van der Waals surface area contributed by atoms with Gasteiger partial charge in [-0.25, -0.2) is 4.98 Å². The van der Waals surface area contributed by atoms with Gasteiger partial charge in [0.05, 0.1) is 11.4 Å². The van der Waals surface area contributed by atoms with Crippen molar-refractivity contribution in [3.8, 4) is 11.3 Å². The number of carbonyl (C=O) groups excluding carboxylic acids is 1. The average Bonchev–Trinajstić information content (AvgIpc) is 3.00. The SMILES string of the molecule is Cc1sc(NC(=O)CCSCc2ccccn2)nc1-c1ccc(Cl)cc1. The van der Waals surface area contributed by atoms with Gasteiger partial charge in [-0.05, 0) is 31.2 Å². The number of nitrogens with zero attached hydrogens (tertiary/aromatic N) is 2. The molecule has 3 rings (SSSR count). The summed E-state index contributed by atoms with van der Waals surface area (Å²) >= 11 is 9.12. The summed E-state index contributed by atoms with van der Waals surface area (Å²) < 4.78 is 0. The Morgan fingerprint density at radius 1 is 1.23 bits per heavy atom. The minimum absolute atomic E-state index is 0.0186. The van der Waals surface area contributed by atoms with Crippen LogP contribution in [0.3, 0.4) is 0 Å². The Balaban J connectivity index is 1.50. The lowest BCUT2D eigenvalue weighted by Crippen LogP contribution is -2.12. The van der Waals surface area contributed by atoms with E-state index in [1.54, 1.807) is 18.0 Å². The van der Waals surface area contributed by atoms with Crippen LogP contribution in [0.2, 0.25) is 5.02 Å². The van der Waals surface area contributed by atoms with Crippen LogP contribution in [0, 0.1) is 6.92 Å². The van der Waals surface area contributed by atoms with Crippen LogP contribution < -0.4 is 5.32 Å². The highest BCUT2D eigenvalue weighted by atomic mass is 35.5. The Kier molecular flexibility index (Phi) is 6.66. The smallest absolute Gasteiger partial charge is 0.226 e. The van der Waals surface area contributed by atoms with Crippen molar-refractivity contribution in [2.75, 3.05) is 11.1 Å². The van der Waals surface area contributed by atoms with Crippen LogP contribution in [-0.2, 0) is 10.5 Å². The number of hydrogen-bond acceptors (Lipinski definition) is 5. The van der Waals surface area contributed by atoms with Gasteiger partial charge in [0, 0.05) is 39.6 Å². The van der Waals surface area contributed by atoms with E-state index in [9.17, 15) is 4.79 Å². The fourth-order valence-electron chi connectivity index (χ4n) is 2.33. The van der Waals surface area contributed by atoms with E-state index in [1.807, 2.05) is 49.4 Å². The number of amides is 1. The minimum atomic E-state index is -0.0186. The number of aryl methyl sites for hydroxylation is 1. The van der Waals surface area contributed by atoms with Gasteiger partial charge in [-0.3, -0.25) is 9.78 Å². The second-order valence-corrected chi connectivity index (χ2v) is 8.35. The van der Waals surface area contributed by atoms with Crippen LogP contribution in [0.15, 0.2) is 48.7 Å². The maximum Gasteiger partial charge on any atom is 0.226 e. The highest BCUT2D eigenvalue weighted by Gasteiger charge is 2.12. The third-order valence-corrected chi connectivity index (χ3v) is 5.74. The number of pyridine rings is 1. The number of anilines is 1. The number of thiazole rings is 1. The molecule has 0 aliphatic rings. The number of benzene rings is 1. The van der Waals surface area contributed by atoms with Gasteiger partial charge in [0.1, 0.15) is 0 Å². The van der Waals surface area contributed by atoms with Crippen LogP contribution in [0.1, 0.15) is 17.0 Å². The molecule has 0 aliphatic heterocycles. The van der Waals surface area contributed by atoms with Crippen molar-refractivity contribution in [3.05, 3.63) is 64.3 Å². The van der Waals surface area contributed by atoms with Gasteiger partial charge in [-0.2, -0.15) is 11.8 Å². The molecule has 7 heteroatoms. The fourth-order valence-corrected chi connectivity index (χ4v) is 4.16. The highest BCUT2D eigenvalue weighted by molar-refractivity contribution is 7.98. The van der Waals surface area contributed by atoms with Gasteiger partial charge in [0.2, 0.25) is 5.91 Å². The van der Waals surface area contributed by atoms with Crippen molar-refractivity contribution in [1.82, 2.24) is 9.97 Å². The molecule has 1 amide bonds. The largest absolute Gasteiger partial charge is 0.302 e. The quantitative estimate of drug-likeness (QED) is 0.534. The molecule has 0 aliphatic carbocycles. The summed E-state index contributed by atoms with van der Waals surface area (Å²) in [6.07, 6.45) is 2.23. The van der Waals surface area contributed by atoms with Crippen LogP contribution in [0.5, 0.6) is 0 Å². The lowest BCUT2D eigenvalue weighted by molar-refractivity contribution is -0.115. The lowest BCUT2D eigenvalue weighted by atomic mass is 10.1. The van der Waals surface area contributed by atoms with Gasteiger partial charge in [0.25, 0.3) is 0 Å². The molecule has 0 bridgehead atoms. The van der Waals surface area contributed by atoms with Crippen LogP contribution in [0.4, 0.5) is 5.13 Å². The first-order valence-electron chi connectivity index (χ1n) is 8.12. The molecule has 134 valence electrons. The molecule has 0 atom stereocenters. The zero-order valence-electron chi connectivity index (χ0n) is 14.2. The summed E-state index contributed by atoms with van der Waals surface area (Å²) in [5, 5.41) is 4.22. The van der Waals surface area contributed by atoms with E-state index in [4.69, 9.17) is 11.6 Å². The molecule has 2 heterocycles. The second-order valence-electron chi connectivity index (χ2n) is 5.60. The van der Waals surface area contributed by atoms with Gasteiger partial charge in [0.15, 0.2) is 5.13 Å². The first-order valence-corrected chi connectivity index (χ1v) is 10.5. The average molecular weight is 404 g/mol. The van der Waals surface area contributed by atoms with Gasteiger partial charge < -0.3 is 5.32 Å². The molecule has 0 saturated heterocycles. The van der Waals surface area contributed by atoms with Crippen molar-refractivity contribution < 1.29 is 4.79 Å². The number of carbonyl (C=O) groups is 1. The molecule has 4 nitrogen and oxygen atoms in total. The monoisotopic (exact) mass is 403 g/mol. The van der Waals surface area contributed by atoms with E-state index in [1.165, 1.54) is 11.3 Å². The molecule has 0 unspecified atom stereocenters. The Bertz CT molecular complexity index is 866. The molecule has 0 fully saturated rings.